The maximum Gasteiger partial charge on any atom is 0.180 e. The van der Waals surface area contributed by atoms with Crippen molar-refractivity contribution >= 4 is 0 Å². The van der Waals surface area contributed by atoms with Crippen molar-refractivity contribution in [2.24, 2.45) is 17.3 Å². The van der Waals surface area contributed by atoms with Crippen LogP contribution in [0, 0.1) is 40.7 Å². The summed E-state index contributed by atoms with van der Waals surface area (Å²) < 4.78 is 0.803. The molecule has 156 valence electrons. The second-order valence-electron chi connectivity index (χ2n) is 10.1. The Morgan fingerprint density at radius 3 is 2.67 bits per heavy atom. The molecule has 0 amide bonds. The second kappa shape index (κ2) is 6.82. The van der Waals surface area contributed by atoms with Gasteiger partial charge in [0, 0.05) is 18.6 Å². The number of nitriles is 1. The molecule has 1 aromatic carbocycles. The third-order valence-electron chi connectivity index (χ3n) is 9.01. The van der Waals surface area contributed by atoms with Crippen LogP contribution in [0.15, 0.2) is 36.7 Å². The molecule has 0 radical (unpaired) electrons. The van der Waals surface area contributed by atoms with Gasteiger partial charge in [-0.3, -0.25) is 0 Å². The standard InChI is InChI=1S/C26H30N2O2/c1-17-19(16-27)3-4-21-20(17)5-6-23-22(21)7-11-25(2)24(23)8-12-26(25,29)15-18-9-13-28(30)14-10-18/h3-4,9-10,13-14,22-24,29H,5-8,11-12,15H2,1-2H3/t22?,23?,24?,25-,26+/m0/s1. The largest absolute Gasteiger partial charge is 0.619 e. The summed E-state index contributed by atoms with van der Waals surface area (Å²) in [6.45, 7) is 4.42. The Kier molecular flexibility index (Phi) is 4.45. The molecule has 1 N–H and O–H groups in total. The lowest BCUT2D eigenvalue weighted by atomic mass is 9.52. The number of aliphatic hydroxyl groups is 1. The third-order valence-corrected chi connectivity index (χ3v) is 9.01. The van der Waals surface area contributed by atoms with Crippen molar-refractivity contribution in [3.8, 4) is 6.07 Å². The highest BCUT2D eigenvalue weighted by Gasteiger charge is 2.61. The highest BCUT2D eigenvalue weighted by Crippen LogP contribution is 2.65. The first-order valence-electron chi connectivity index (χ1n) is 11.3. The van der Waals surface area contributed by atoms with Gasteiger partial charge in [-0.2, -0.15) is 9.99 Å². The van der Waals surface area contributed by atoms with Gasteiger partial charge < -0.3 is 10.3 Å². The van der Waals surface area contributed by atoms with Crippen LogP contribution in [0.25, 0.3) is 0 Å². The van der Waals surface area contributed by atoms with E-state index in [-0.39, 0.29) is 5.41 Å². The summed E-state index contributed by atoms with van der Waals surface area (Å²) in [5, 5.41) is 32.6. The summed E-state index contributed by atoms with van der Waals surface area (Å²) in [4.78, 5) is 0. The van der Waals surface area contributed by atoms with Crippen LogP contribution in [0.2, 0.25) is 0 Å². The number of pyridine rings is 1. The number of nitrogens with zero attached hydrogens (tertiary/aromatic N) is 2. The van der Waals surface area contributed by atoms with Crippen LogP contribution < -0.4 is 4.73 Å². The summed E-state index contributed by atoms with van der Waals surface area (Å²) in [6.07, 6.45) is 9.93. The van der Waals surface area contributed by atoms with E-state index in [4.69, 9.17) is 0 Å². The van der Waals surface area contributed by atoms with Gasteiger partial charge in [0.05, 0.1) is 17.2 Å². The van der Waals surface area contributed by atoms with E-state index in [0.717, 1.165) is 54.4 Å². The quantitative estimate of drug-likeness (QED) is 0.600. The summed E-state index contributed by atoms with van der Waals surface area (Å²) >= 11 is 0. The number of hydrogen-bond donors (Lipinski definition) is 1. The third kappa shape index (κ3) is 2.72. The zero-order chi connectivity index (χ0) is 21.1. The molecule has 5 atom stereocenters. The van der Waals surface area contributed by atoms with E-state index in [0.29, 0.717) is 24.2 Å². The number of hydrogen-bond acceptors (Lipinski definition) is 3. The van der Waals surface area contributed by atoms with Crippen molar-refractivity contribution in [1.82, 2.24) is 0 Å². The zero-order valence-corrected chi connectivity index (χ0v) is 17.9. The van der Waals surface area contributed by atoms with E-state index < -0.39 is 5.60 Å². The molecule has 30 heavy (non-hydrogen) atoms. The van der Waals surface area contributed by atoms with E-state index in [1.54, 1.807) is 0 Å². The Labute approximate surface area is 178 Å². The molecule has 2 saturated carbocycles. The van der Waals surface area contributed by atoms with Crippen LogP contribution in [0.3, 0.4) is 0 Å². The van der Waals surface area contributed by atoms with Crippen LogP contribution in [-0.2, 0) is 12.8 Å². The normalized spacial score (nSPS) is 34.5. The van der Waals surface area contributed by atoms with Crippen molar-refractivity contribution in [2.45, 2.75) is 70.3 Å². The molecule has 3 aliphatic carbocycles. The molecule has 4 nitrogen and oxygen atoms in total. The first kappa shape index (κ1) is 19.6. The monoisotopic (exact) mass is 402 g/mol. The molecule has 3 aliphatic rings. The van der Waals surface area contributed by atoms with Gasteiger partial charge in [-0.25, -0.2) is 0 Å². The number of aromatic nitrogens is 1. The highest BCUT2D eigenvalue weighted by atomic mass is 16.5. The van der Waals surface area contributed by atoms with E-state index in [1.165, 1.54) is 29.1 Å². The van der Waals surface area contributed by atoms with Gasteiger partial charge in [0.15, 0.2) is 12.4 Å². The molecule has 0 bridgehead atoms. The van der Waals surface area contributed by atoms with Crippen molar-refractivity contribution in [2.75, 3.05) is 0 Å². The molecular weight excluding hydrogens is 372 g/mol. The Balaban J connectivity index is 1.45. The molecule has 0 spiro atoms. The molecule has 5 rings (SSSR count). The molecule has 1 heterocycles. The van der Waals surface area contributed by atoms with Crippen molar-refractivity contribution in [3.63, 3.8) is 0 Å². The lowest BCUT2D eigenvalue weighted by Gasteiger charge is -2.53. The first-order valence-corrected chi connectivity index (χ1v) is 11.3. The Hall–Kier alpha value is -2.38. The predicted octanol–water partition coefficient (Wildman–Crippen LogP) is 4.33. The van der Waals surface area contributed by atoms with E-state index in [2.05, 4.69) is 26.0 Å². The predicted molar refractivity (Wildman–Crippen MR) is 115 cm³/mol. The van der Waals surface area contributed by atoms with E-state index in [1.807, 2.05) is 18.2 Å². The molecule has 1 aromatic heterocycles. The minimum absolute atomic E-state index is 0.0867. The molecule has 4 heteroatoms. The van der Waals surface area contributed by atoms with Crippen LogP contribution in [0.1, 0.15) is 72.8 Å². The van der Waals surface area contributed by atoms with Crippen LogP contribution in [-0.4, -0.2) is 10.7 Å². The lowest BCUT2D eigenvalue weighted by Crippen LogP contribution is -2.52. The maximum atomic E-state index is 11.8. The van der Waals surface area contributed by atoms with E-state index in [9.17, 15) is 15.6 Å². The van der Waals surface area contributed by atoms with Gasteiger partial charge in [0.1, 0.15) is 0 Å². The van der Waals surface area contributed by atoms with Gasteiger partial charge >= 0.3 is 0 Å². The topological polar surface area (TPSA) is 71.0 Å². The summed E-state index contributed by atoms with van der Waals surface area (Å²) in [6, 6.07) is 10.3. The van der Waals surface area contributed by atoms with Crippen LogP contribution >= 0.6 is 0 Å². The fourth-order valence-corrected chi connectivity index (χ4v) is 7.27. The minimum atomic E-state index is -0.710. The molecular formula is C26H30N2O2. The number of fused-ring (bicyclic) bond motifs is 5. The Morgan fingerprint density at radius 1 is 1.17 bits per heavy atom. The Morgan fingerprint density at radius 2 is 1.93 bits per heavy atom. The van der Waals surface area contributed by atoms with Gasteiger partial charge in [-0.1, -0.05) is 13.0 Å². The average Bonchev–Trinajstić information content (AvgIpc) is 3.00. The summed E-state index contributed by atoms with van der Waals surface area (Å²) in [5.74, 6) is 1.69. The van der Waals surface area contributed by atoms with Gasteiger partial charge in [0.2, 0.25) is 0 Å². The summed E-state index contributed by atoms with van der Waals surface area (Å²) in [7, 11) is 0. The number of benzene rings is 1. The number of rotatable bonds is 2. The minimum Gasteiger partial charge on any atom is -0.619 e. The van der Waals surface area contributed by atoms with Crippen molar-refractivity contribution in [1.29, 1.82) is 5.26 Å². The van der Waals surface area contributed by atoms with E-state index >= 15 is 0 Å². The lowest BCUT2D eigenvalue weighted by molar-refractivity contribution is -0.605. The van der Waals surface area contributed by atoms with Crippen molar-refractivity contribution < 1.29 is 9.84 Å². The van der Waals surface area contributed by atoms with Crippen LogP contribution in [0.5, 0.6) is 0 Å². The maximum absolute atomic E-state index is 11.8. The Bertz CT molecular complexity index is 1020. The molecule has 2 aromatic rings. The SMILES string of the molecule is Cc1c(C#N)ccc2c1CCC1C2CC[C@@]2(C)C1CC[C@@]2(O)Cc1cc[n+]([O-])cc1. The molecule has 2 fully saturated rings. The zero-order valence-electron chi connectivity index (χ0n) is 17.9. The molecule has 0 saturated heterocycles. The molecule has 3 unspecified atom stereocenters. The fraction of sp³-hybridized carbons (Fsp3) is 0.538. The van der Waals surface area contributed by atoms with Gasteiger partial charge in [0.25, 0.3) is 0 Å². The summed E-state index contributed by atoms with van der Waals surface area (Å²) in [5.41, 5.74) is 5.09. The first-order chi connectivity index (χ1) is 14.4. The second-order valence-corrected chi connectivity index (χ2v) is 10.1. The van der Waals surface area contributed by atoms with Crippen LogP contribution in [0.4, 0.5) is 0 Å². The smallest absolute Gasteiger partial charge is 0.180 e. The van der Waals surface area contributed by atoms with Gasteiger partial charge in [-0.05, 0) is 96.9 Å². The average molecular weight is 403 g/mol. The van der Waals surface area contributed by atoms with Crippen molar-refractivity contribution in [3.05, 3.63) is 69.7 Å². The van der Waals surface area contributed by atoms with Gasteiger partial charge in [-0.15, -0.1) is 0 Å². The molecule has 0 aliphatic heterocycles. The fourth-order valence-electron chi connectivity index (χ4n) is 7.27. The highest BCUT2D eigenvalue weighted by molar-refractivity contribution is 5.49.